The number of rotatable bonds is 40. The summed E-state index contributed by atoms with van der Waals surface area (Å²) in [5, 5.41) is 0. The van der Waals surface area contributed by atoms with Gasteiger partial charge < -0.3 is 27.9 Å². The van der Waals surface area contributed by atoms with Gasteiger partial charge in [0.25, 0.3) is 7.82 Å². The highest BCUT2D eigenvalue weighted by molar-refractivity contribution is 7.45. The molecule has 0 aliphatic heterocycles. The van der Waals surface area contributed by atoms with Crippen molar-refractivity contribution < 1.29 is 42.1 Å². The lowest BCUT2D eigenvalue weighted by Crippen LogP contribution is -2.37. The second-order valence-electron chi connectivity index (χ2n) is 16.1. The number of unbranched alkanes of at least 4 members (excludes halogenated alkanes) is 22. The maximum atomic E-state index is 12.7. The summed E-state index contributed by atoms with van der Waals surface area (Å²) in [6.07, 6.45) is 39.1. The van der Waals surface area contributed by atoms with Crippen LogP contribution < -0.4 is 4.89 Å². The van der Waals surface area contributed by atoms with Crippen molar-refractivity contribution in [2.24, 2.45) is 0 Å². The molecule has 0 bridgehead atoms. The number of likely N-dealkylation sites (N-methyl/N-ethyl adjacent to an activating group) is 1. The molecule has 2 atom stereocenters. The lowest BCUT2D eigenvalue weighted by atomic mass is 10.1. The molecule has 0 radical (unpaired) electrons. The van der Waals surface area contributed by atoms with E-state index >= 15 is 0 Å². The number of phosphoric ester groups is 1. The van der Waals surface area contributed by atoms with Gasteiger partial charge in [-0.25, -0.2) is 0 Å². The summed E-state index contributed by atoms with van der Waals surface area (Å²) >= 11 is 0. The Hall–Kier alpha value is -1.51. The maximum absolute atomic E-state index is 12.7. The van der Waals surface area contributed by atoms with E-state index in [1.807, 2.05) is 21.1 Å². The third-order valence-corrected chi connectivity index (χ3v) is 10.4. The molecule has 0 saturated carbocycles. The van der Waals surface area contributed by atoms with E-state index < -0.39 is 32.5 Å². The van der Waals surface area contributed by atoms with E-state index in [2.05, 4.69) is 38.2 Å². The summed E-state index contributed by atoms with van der Waals surface area (Å²) in [5.41, 5.74) is 0. The van der Waals surface area contributed by atoms with Crippen molar-refractivity contribution in [1.82, 2.24) is 0 Å². The Kier molecular flexibility index (Phi) is 36.1. The minimum Gasteiger partial charge on any atom is -0.756 e. The molecule has 318 valence electrons. The summed E-state index contributed by atoms with van der Waals surface area (Å²) in [7, 11) is 1.16. The minimum atomic E-state index is -4.62. The average molecular weight is 786 g/mol. The molecule has 0 aliphatic rings. The van der Waals surface area contributed by atoms with Crippen LogP contribution in [-0.4, -0.2) is 70.0 Å². The van der Waals surface area contributed by atoms with Crippen LogP contribution in [0.2, 0.25) is 0 Å². The zero-order valence-electron chi connectivity index (χ0n) is 35.7. The number of nitrogens with zero attached hydrogens (tertiary/aromatic N) is 1. The van der Waals surface area contributed by atoms with Crippen LogP contribution in [0.4, 0.5) is 0 Å². The van der Waals surface area contributed by atoms with Crippen LogP contribution in [0.15, 0.2) is 24.3 Å². The Morgan fingerprint density at radius 2 is 0.944 bits per heavy atom. The van der Waals surface area contributed by atoms with Gasteiger partial charge in [0.15, 0.2) is 6.10 Å². The number of esters is 2. The van der Waals surface area contributed by atoms with E-state index in [1.54, 1.807) is 0 Å². The van der Waals surface area contributed by atoms with E-state index in [-0.39, 0.29) is 26.1 Å². The van der Waals surface area contributed by atoms with Crippen LogP contribution in [0, 0.1) is 0 Å². The normalized spacial score (nSPS) is 13.8. The quantitative estimate of drug-likeness (QED) is 0.0198. The Morgan fingerprint density at radius 3 is 1.39 bits per heavy atom. The van der Waals surface area contributed by atoms with Gasteiger partial charge in [0.05, 0.1) is 27.7 Å². The third kappa shape index (κ3) is 40.2. The van der Waals surface area contributed by atoms with Gasteiger partial charge in [-0.05, 0) is 64.2 Å². The van der Waals surface area contributed by atoms with E-state index in [0.717, 1.165) is 64.2 Å². The maximum Gasteiger partial charge on any atom is 0.306 e. The molecule has 1 unspecified atom stereocenters. The molecule has 0 spiro atoms. The van der Waals surface area contributed by atoms with Gasteiger partial charge >= 0.3 is 11.9 Å². The Morgan fingerprint density at radius 1 is 0.556 bits per heavy atom. The fourth-order valence-corrected chi connectivity index (χ4v) is 6.67. The van der Waals surface area contributed by atoms with Crippen molar-refractivity contribution in [3.05, 3.63) is 24.3 Å². The zero-order valence-corrected chi connectivity index (χ0v) is 36.6. The van der Waals surface area contributed by atoms with Crippen LogP contribution in [0.1, 0.15) is 194 Å². The molecule has 54 heavy (non-hydrogen) atoms. The van der Waals surface area contributed by atoms with Gasteiger partial charge in [-0.15, -0.1) is 0 Å². The number of quaternary nitrogens is 1. The molecule has 10 heteroatoms. The highest BCUT2D eigenvalue weighted by Gasteiger charge is 2.21. The van der Waals surface area contributed by atoms with Crippen LogP contribution in [0.5, 0.6) is 0 Å². The lowest BCUT2D eigenvalue weighted by Gasteiger charge is -2.28. The van der Waals surface area contributed by atoms with Crippen molar-refractivity contribution in [1.29, 1.82) is 0 Å². The number of hydrogen-bond acceptors (Lipinski definition) is 8. The first kappa shape index (κ1) is 52.5. The molecule has 9 nitrogen and oxygen atoms in total. The number of carbonyl (C=O) groups is 2. The van der Waals surface area contributed by atoms with Gasteiger partial charge in [0.2, 0.25) is 0 Å². The Bertz CT molecular complexity index is 980. The molecule has 0 saturated heterocycles. The Balaban J connectivity index is 4.37. The fourth-order valence-electron chi connectivity index (χ4n) is 5.94. The van der Waals surface area contributed by atoms with Gasteiger partial charge in [-0.2, -0.15) is 0 Å². The van der Waals surface area contributed by atoms with Gasteiger partial charge in [0, 0.05) is 12.8 Å². The molecular formula is C44H84NO8P. The van der Waals surface area contributed by atoms with Crippen molar-refractivity contribution in [2.45, 2.75) is 200 Å². The average Bonchev–Trinajstić information content (AvgIpc) is 3.12. The van der Waals surface area contributed by atoms with Crippen molar-refractivity contribution in [3.8, 4) is 0 Å². The molecule has 0 aromatic heterocycles. The zero-order chi connectivity index (χ0) is 40.0. The summed E-state index contributed by atoms with van der Waals surface area (Å²) in [6.45, 7) is 4.20. The summed E-state index contributed by atoms with van der Waals surface area (Å²) < 4.78 is 33.9. The van der Waals surface area contributed by atoms with E-state index in [4.69, 9.17) is 18.5 Å². The topological polar surface area (TPSA) is 111 Å². The standard InChI is InChI=1S/C44H84NO8P/c1-6-8-10-12-14-16-18-20-22-24-26-28-30-32-34-36-43(46)50-40-42(41-52-54(48,49)51-39-38-45(3,4)5)53-44(47)37-35-33-31-29-27-25-23-21-19-17-15-13-11-9-7-2/h17,19-20,22,42H,6-16,18,21,23-41H2,1-5H3/b19-17+,22-20+/t42-/m1/s1. The highest BCUT2D eigenvalue weighted by Crippen LogP contribution is 2.38. The Labute approximate surface area is 332 Å². The predicted octanol–water partition coefficient (Wildman–Crippen LogP) is 11.7. The fraction of sp³-hybridized carbons (Fsp3) is 0.864. The molecule has 0 aromatic carbocycles. The molecular weight excluding hydrogens is 701 g/mol. The third-order valence-electron chi connectivity index (χ3n) is 9.44. The molecule has 0 heterocycles. The van der Waals surface area contributed by atoms with Crippen LogP contribution in [-0.2, 0) is 32.7 Å². The highest BCUT2D eigenvalue weighted by atomic mass is 31.2. The largest absolute Gasteiger partial charge is 0.756 e. The number of carbonyl (C=O) groups excluding carboxylic acids is 2. The van der Waals surface area contributed by atoms with Crippen LogP contribution in [0.25, 0.3) is 0 Å². The smallest absolute Gasteiger partial charge is 0.306 e. The monoisotopic (exact) mass is 786 g/mol. The van der Waals surface area contributed by atoms with Crippen LogP contribution in [0.3, 0.4) is 0 Å². The number of allylic oxidation sites excluding steroid dienone is 4. The summed E-state index contributed by atoms with van der Waals surface area (Å²) in [4.78, 5) is 37.5. The molecule has 0 amide bonds. The first-order valence-electron chi connectivity index (χ1n) is 22.0. The summed E-state index contributed by atoms with van der Waals surface area (Å²) in [6, 6.07) is 0. The van der Waals surface area contributed by atoms with Gasteiger partial charge in [-0.3, -0.25) is 14.2 Å². The van der Waals surface area contributed by atoms with E-state index in [1.165, 1.54) is 96.3 Å². The van der Waals surface area contributed by atoms with E-state index in [9.17, 15) is 19.0 Å². The molecule has 0 fully saturated rings. The first-order valence-corrected chi connectivity index (χ1v) is 23.5. The van der Waals surface area contributed by atoms with Gasteiger partial charge in [0.1, 0.15) is 19.8 Å². The molecule has 0 aromatic rings. The van der Waals surface area contributed by atoms with Gasteiger partial charge in [-0.1, -0.05) is 141 Å². The molecule has 0 rings (SSSR count). The number of ether oxygens (including phenoxy) is 2. The number of phosphoric acid groups is 1. The van der Waals surface area contributed by atoms with Crippen molar-refractivity contribution in [2.75, 3.05) is 47.5 Å². The van der Waals surface area contributed by atoms with E-state index in [0.29, 0.717) is 17.4 Å². The number of hydrogen-bond donors (Lipinski definition) is 0. The van der Waals surface area contributed by atoms with Crippen molar-refractivity contribution in [3.63, 3.8) is 0 Å². The molecule has 0 N–H and O–H groups in total. The second-order valence-corrected chi connectivity index (χ2v) is 17.5. The first-order chi connectivity index (χ1) is 26.0. The second kappa shape index (κ2) is 37.1. The molecule has 0 aliphatic carbocycles. The summed E-state index contributed by atoms with van der Waals surface area (Å²) in [5.74, 6) is -0.846. The SMILES string of the molecule is CCCCCC/C=C/CCCCCCCCCC(=O)O[C@H](COC(=O)CCCCCCC/C=C/CCCCCCCC)COP(=O)([O-])OCC[N+](C)(C)C. The predicted molar refractivity (Wildman–Crippen MR) is 222 cm³/mol. The van der Waals surface area contributed by atoms with Crippen molar-refractivity contribution >= 4 is 19.8 Å². The lowest BCUT2D eigenvalue weighted by molar-refractivity contribution is -0.870. The van der Waals surface area contributed by atoms with Crippen LogP contribution >= 0.6 is 7.82 Å². The minimum absolute atomic E-state index is 0.0318.